The molecule has 0 aliphatic rings. The molecule has 0 fully saturated rings. The molecule has 1 nitrogen and oxygen atoms in total. The summed E-state index contributed by atoms with van der Waals surface area (Å²) >= 11 is 8.03. The predicted octanol–water partition coefficient (Wildman–Crippen LogP) is 4.95. The Morgan fingerprint density at radius 1 is 1.32 bits per heavy atom. The second kappa shape index (κ2) is 8.18. The molecule has 1 aromatic carbocycles. The van der Waals surface area contributed by atoms with Crippen LogP contribution < -0.4 is 5.32 Å². The van der Waals surface area contributed by atoms with Crippen LogP contribution in [-0.4, -0.2) is 24.1 Å². The number of benzene rings is 1. The minimum Gasteiger partial charge on any atom is -0.311 e. The maximum Gasteiger partial charge on any atom is 0.0408 e. The van der Waals surface area contributed by atoms with Crippen molar-refractivity contribution in [1.29, 1.82) is 0 Å². The molecule has 0 amide bonds. The number of hydrogen-bond donors (Lipinski definition) is 1. The van der Waals surface area contributed by atoms with Crippen molar-refractivity contribution in [3.05, 3.63) is 34.9 Å². The molecule has 108 valence electrons. The number of nitrogens with one attached hydrogen (secondary N) is 1. The van der Waals surface area contributed by atoms with Crippen LogP contribution in [0.1, 0.15) is 45.1 Å². The fourth-order valence-electron chi connectivity index (χ4n) is 2.05. The lowest BCUT2D eigenvalue weighted by Crippen LogP contribution is -2.38. The van der Waals surface area contributed by atoms with E-state index in [0.717, 1.165) is 11.6 Å². The first-order chi connectivity index (χ1) is 8.92. The molecule has 0 aliphatic carbocycles. The zero-order valence-corrected chi connectivity index (χ0v) is 14.1. The SMILES string of the molecule is CSCCCC(CNC(C)(C)C)c1cccc(Cl)c1. The highest BCUT2D eigenvalue weighted by Gasteiger charge is 2.16. The normalized spacial score (nSPS) is 13.5. The molecular formula is C16H26ClNS. The zero-order chi connectivity index (χ0) is 14.3. The number of rotatable bonds is 7. The third kappa shape index (κ3) is 7.24. The topological polar surface area (TPSA) is 12.0 Å². The quantitative estimate of drug-likeness (QED) is 0.715. The van der Waals surface area contributed by atoms with Gasteiger partial charge in [-0.25, -0.2) is 0 Å². The molecular weight excluding hydrogens is 274 g/mol. The van der Waals surface area contributed by atoms with Crippen LogP contribution in [0.4, 0.5) is 0 Å². The average molecular weight is 300 g/mol. The van der Waals surface area contributed by atoms with E-state index >= 15 is 0 Å². The number of thioether (sulfide) groups is 1. The van der Waals surface area contributed by atoms with E-state index in [1.807, 2.05) is 17.8 Å². The lowest BCUT2D eigenvalue weighted by atomic mass is 9.93. The van der Waals surface area contributed by atoms with E-state index < -0.39 is 0 Å². The molecule has 1 N–H and O–H groups in total. The van der Waals surface area contributed by atoms with Gasteiger partial charge in [0.05, 0.1) is 0 Å². The number of halogens is 1. The molecule has 1 rings (SSSR count). The first-order valence-corrected chi connectivity index (χ1v) is 8.69. The van der Waals surface area contributed by atoms with Crippen molar-refractivity contribution < 1.29 is 0 Å². The van der Waals surface area contributed by atoms with Crippen molar-refractivity contribution in [2.75, 3.05) is 18.6 Å². The van der Waals surface area contributed by atoms with Crippen LogP contribution in [0.25, 0.3) is 0 Å². The molecule has 1 atom stereocenters. The van der Waals surface area contributed by atoms with Crippen LogP contribution in [0, 0.1) is 0 Å². The molecule has 0 saturated heterocycles. The highest BCUT2D eigenvalue weighted by molar-refractivity contribution is 7.98. The first-order valence-electron chi connectivity index (χ1n) is 6.92. The van der Waals surface area contributed by atoms with Crippen LogP contribution in [0.15, 0.2) is 24.3 Å². The van der Waals surface area contributed by atoms with E-state index in [-0.39, 0.29) is 5.54 Å². The monoisotopic (exact) mass is 299 g/mol. The van der Waals surface area contributed by atoms with Crippen molar-refractivity contribution in [3.8, 4) is 0 Å². The van der Waals surface area contributed by atoms with Crippen LogP contribution in [-0.2, 0) is 0 Å². The molecule has 1 unspecified atom stereocenters. The van der Waals surface area contributed by atoms with Gasteiger partial charge in [-0.15, -0.1) is 0 Å². The summed E-state index contributed by atoms with van der Waals surface area (Å²) in [6.07, 6.45) is 4.64. The second-order valence-corrected chi connectivity index (χ2v) is 7.44. The van der Waals surface area contributed by atoms with Crippen LogP contribution >= 0.6 is 23.4 Å². The summed E-state index contributed by atoms with van der Waals surface area (Å²) in [7, 11) is 0. The van der Waals surface area contributed by atoms with Gasteiger partial charge in [0, 0.05) is 17.1 Å². The lowest BCUT2D eigenvalue weighted by Gasteiger charge is -2.26. The Kier molecular flexibility index (Phi) is 7.27. The molecule has 1 aromatic rings. The second-order valence-electron chi connectivity index (χ2n) is 6.02. The Labute approximate surface area is 127 Å². The van der Waals surface area contributed by atoms with Gasteiger partial charge >= 0.3 is 0 Å². The summed E-state index contributed by atoms with van der Waals surface area (Å²) in [5, 5.41) is 4.45. The van der Waals surface area contributed by atoms with E-state index in [9.17, 15) is 0 Å². The van der Waals surface area contributed by atoms with Crippen LogP contribution in [0.2, 0.25) is 5.02 Å². The molecule has 0 aliphatic heterocycles. The lowest BCUT2D eigenvalue weighted by molar-refractivity contribution is 0.398. The van der Waals surface area contributed by atoms with E-state index in [1.165, 1.54) is 24.2 Å². The van der Waals surface area contributed by atoms with Crippen molar-refractivity contribution >= 4 is 23.4 Å². The Morgan fingerprint density at radius 2 is 2.05 bits per heavy atom. The van der Waals surface area contributed by atoms with E-state index in [0.29, 0.717) is 5.92 Å². The van der Waals surface area contributed by atoms with Crippen LogP contribution in [0.5, 0.6) is 0 Å². The molecule has 0 bridgehead atoms. The smallest absolute Gasteiger partial charge is 0.0408 e. The Bertz CT molecular complexity index is 373. The summed E-state index contributed by atoms with van der Waals surface area (Å²) in [5.74, 6) is 1.78. The molecule has 19 heavy (non-hydrogen) atoms. The fourth-order valence-corrected chi connectivity index (χ4v) is 2.70. The molecule has 0 heterocycles. The molecule has 0 spiro atoms. The Morgan fingerprint density at radius 3 is 2.63 bits per heavy atom. The largest absolute Gasteiger partial charge is 0.311 e. The third-order valence-corrected chi connectivity index (χ3v) is 4.03. The summed E-state index contributed by atoms with van der Waals surface area (Å²) in [5.41, 5.74) is 1.52. The summed E-state index contributed by atoms with van der Waals surface area (Å²) in [6, 6.07) is 8.30. The Balaban J connectivity index is 2.68. The van der Waals surface area contributed by atoms with Gasteiger partial charge in [0.15, 0.2) is 0 Å². The van der Waals surface area contributed by atoms with Gasteiger partial charge in [-0.2, -0.15) is 11.8 Å². The van der Waals surface area contributed by atoms with Crippen molar-refractivity contribution in [2.24, 2.45) is 0 Å². The fraction of sp³-hybridized carbons (Fsp3) is 0.625. The van der Waals surface area contributed by atoms with Gasteiger partial charge < -0.3 is 5.32 Å². The van der Waals surface area contributed by atoms with E-state index in [4.69, 9.17) is 11.6 Å². The van der Waals surface area contributed by atoms with Crippen molar-refractivity contribution in [1.82, 2.24) is 5.32 Å². The third-order valence-electron chi connectivity index (χ3n) is 3.10. The van der Waals surface area contributed by atoms with E-state index in [1.54, 1.807) is 0 Å². The number of hydrogen-bond acceptors (Lipinski definition) is 2. The minimum absolute atomic E-state index is 0.163. The average Bonchev–Trinajstić information content (AvgIpc) is 2.32. The van der Waals surface area contributed by atoms with Gasteiger partial charge in [0.1, 0.15) is 0 Å². The van der Waals surface area contributed by atoms with Crippen molar-refractivity contribution in [2.45, 2.75) is 45.1 Å². The summed E-state index contributed by atoms with van der Waals surface area (Å²) in [4.78, 5) is 0. The van der Waals surface area contributed by atoms with Gasteiger partial charge in [-0.3, -0.25) is 0 Å². The summed E-state index contributed by atoms with van der Waals surface area (Å²) < 4.78 is 0. The maximum atomic E-state index is 6.12. The maximum absolute atomic E-state index is 6.12. The molecule has 0 saturated carbocycles. The molecule has 0 aromatic heterocycles. The summed E-state index contributed by atoms with van der Waals surface area (Å²) in [6.45, 7) is 7.65. The van der Waals surface area contributed by atoms with E-state index in [2.05, 4.69) is 50.5 Å². The standard InChI is InChI=1S/C16H26ClNS/c1-16(2,3)18-12-14(8-6-10-19-4)13-7-5-9-15(17)11-13/h5,7,9,11,14,18H,6,8,10,12H2,1-4H3. The van der Waals surface area contributed by atoms with Gasteiger partial charge in [-0.1, -0.05) is 23.7 Å². The zero-order valence-electron chi connectivity index (χ0n) is 12.5. The van der Waals surface area contributed by atoms with Gasteiger partial charge in [-0.05, 0) is 69.2 Å². The van der Waals surface area contributed by atoms with Gasteiger partial charge in [0.2, 0.25) is 0 Å². The first kappa shape index (κ1) is 16.9. The molecule has 0 radical (unpaired) electrons. The Hall–Kier alpha value is -0.180. The predicted molar refractivity (Wildman–Crippen MR) is 89.6 cm³/mol. The van der Waals surface area contributed by atoms with Crippen LogP contribution in [0.3, 0.4) is 0 Å². The minimum atomic E-state index is 0.163. The molecule has 3 heteroatoms. The highest BCUT2D eigenvalue weighted by Crippen LogP contribution is 2.24. The highest BCUT2D eigenvalue weighted by atomic mass is 35.5. The van der Waals surface area contributed by atoms with Crippen molar-refractivity contribution in [3.63, 3.8) is 0 Å². The van der Waals surface area contributed by atoms with Gasteiger partial charge in [0.25, 0.3) is 0 Å².